The SMILES string of the molecule is CCOc1ccc(C(C)(C)CBr)cc1Cl. The van der Waals surface area contributed by atoms with Gasteiger partial charge in [0, 0.05) is 5.33 Å². The maximum atomic E-state index is 6.13. The number of halogens is 2. The molecule has 1 rings (SSSR count). The highest BCUT2D eigenvalue weighted by Gasteiger charge is 2.19. The highest BCUT2D eigenvalue weighted by atomic mass is 79.9. The van der Waals surface area contributed by atoms with Crippen LogP contribution in [0.5, 0.6) is 5.75 Å². The van der Waals surface area contributed by atoms with Crippen molar-refractivity contribution < 1.29 is 4.74 Å². The Balaban J connectivity index is 3.01. The van der Waals surface area contributed by atoms with Gasteiger partial charge in [-0.05, 0) is 30.0 Å². The molecule has 0 radical (unpaired) electrons. The Morgan fingerprint density at radius 2 is 2.07 bits per heavy atom. The molecule has 1 aromatic rings. The molecule has 1 nitrogen and oxygen atoms in total. The van der Waals surface area contributed by atoms with Crippen molar-refractivity contribution in [2.75, 3.05) is 11.9 Å². The highest BCUT2D eigenvalue weighted by molar-refractivity contribution is 9.09. The van der Waals surface area contributed by atoms with Gasteiger partial charge in [-0.15, -0.1) is 0 Å². The molecule has 0 saturated heterocycles. The van der Waals surface area contributed by atoms with Crippen molar-refractivity contribution in [3.05, 3.63) is 28.8 Å². The molecule has 0 bridgehead atoms. The van der Waals surface area contributed by atoms with Crippen LogP contribution in [0.1, 0.15) is 26.3 Å². The number of rotatable bonds is 4. The van der Waals surface area contributed by atoms with Crippen LogP contribution in [0, 0.1) is 0 Å². The molecule has 0 fully saturated rings. The molecule has 1 aromatic carbocycles. The zero-order chi connectivity index (χ0) is 11.5. The molecule has 0 amide bonds. The van der Waals surface area contributed by atoms with Crippen LogP contribution in [-0.4, -0.2) is 11.9 Å². The van der Waals surface area contributed by atoms with E-state index < -0.39 is 0 Å². The molecule has 0 aromatic heterocycles. The third-order valence-electron chi connectivity index (χ3n) is 2.35. The molecule has 84 valence electrons. The monoisotopic (exact) mass is 290 g/mol. The fourth-order valence-corrected chi connectivity index (χ4v) is 1.83. The van der Waals surface area contributed by atoms with Crippen LogP contribution in [0.25, 0.3) is 0 Å². The Hall–Kier alpha value is -0.210. The second-order valence-corrected chi connectivity index (χ2v) is 5.06. The molecule has 3 heteroatoms. The van der Waals surface area contributed by atoms with Crippen LogP contribution in [0.2, 0.25) is 5.02 Å². The van der Waals surface area contributed by atoms with E-state index in [1.54, 1.807) is 0 Å². The predicted octanol–water partition coefficient (Wildman–Crippen LogP) is 4.41. The molecule has 0 unspecified atom stereocenters. The molecule has 0 aliphatic carbocycles. The van der Waals surface area contributed by atoms with Gasteiger partial charge < -0.3 is 4.74 Å². The van der Waals surface area contributed by atoms with Gasteiger partial charge in [0.1, 0.15) is 5.75 Å². The van der Waals surface area contributed by atoms with Crippen LogP contribution in [0.3, 0.4) is 0 Å². The Bertz CT molecular complexity index is 336. The molecule has 15 heavy (non-hydrogen) atoms. The minimum absolute atomic E-state index is 0.0917. The van der Waals surface area contributed by atoms with Crippen LogP contribution in [0.15, 0.2) is 18.2 Å². The number of benzene rings is 1. The molecule has 0 atom stereocenters. The predicted molar refractivity (Wildman–Crippen MR) is 69.4 cm³/mol. The lowest BCUT2D eigenvalue weighted by atomic mass is 9.87. The third kappa shape index (κ3) is 3.12. The summed E-state index contributed by atoms with van der Waals surface area (Å²) >= 11 is 9.64. The van der Waals surface area contributed by atoms with Gasteiger partial charge in [-0.3, -0.25) is 0 Å². The van der Waals surface area contributed by atoms with E-state index in [-0.39, 0.29) is 5.41 Å². The average Bonchev–Trinajstić information content (AvgIpc) is 2.21. The van der Waals surface area contributed by atoms with E-state index in [0.29, 0.717) is 11.6 Å². The highest BCUT2D eigenvalue weighted by Crippen LogP contribution is 2.32. The van der Waals surface area contributed by atoms with Crippen molar-refractivity contribution in [2.24, 2.45) is 0 Å². The van der Waals surface area contributed by atoms with E-state index in [1.165, 1.54) is 5.56 Å². The maximum Gasteiger partial charge on any atom is 0.137 e. The number of hydrogen-bond donors (Lipinski definition) is 0. The van der Waals surface area contributed by atoms with Gasteiger partial charge in [0.15, 0.2) is 0 Å². The topological polar surface area (TPSA) is 9.23 Å². The van der Waals surface area contributed by atoms with Crippen molar-refractivity contribution in [1.29, 1.82) is 0 Å². The van der Waals surface area contributed by atoms with Crippen molar-refractivity contribution >= 4 is 27.5 Å². The summed E-state index contributed by atoms with van der Waals surface area (Å²) in [5.41, 5.74) is 1.31. The second kappa shape index (κ2) is 5.22. The number of ether oxygens (including phenoxy) is 1. The summed E-state index contributed by atoms with van der Waals surface area (Å²) in [4.78, 5) is 0. The molecular weight excluding hydrogens is 275 g/mol. The first-order chi connectivity index (χ1) is 7.01. The van der Waals surface area contributed by atoms with E-state index >= 15 is 0 Å². The lowest BCUT2D eigenvalue weighted by Crippen LogP contribution is -2.18. The molecule has 0 aliphatic rings. The average molecular weight is 292 g/mol. The largest absolute Gasteiger partial charge is 0.492 e. The van der Waals surface area contributed by atoms with E-state index in [1.807, 2.05) is 19.1 Å². The molecule has 0 spiro atoms. The summed E-state index contributed by atoms with van der Waals surface area (Å²) < 4.78 is 5.39. The van der Waals surface area contributed by atoms with Crippen LogP contribution >= 0.6 is 27.5 Å². The summed E-state index contributed by atoms with van der Waals surface area (Å²) in [5.74, 6) is 0.758. The fourth-order valence-electron chi connectivity index (χ4n) is 1.27. The Morgan fingerprint density at radius 3 is 2.53 bits per heavy atom. The zero-order valence-electron chi connectivity index (χ0n) is 9.31. The van der Waals surface area contributed by atoms with Gasteiger partial charge in [-0.2, -0.15) is 0 Å². The fraction of sp³-hybridized carbons (Fsp3) is 0.500. The molecule has 0 saturated carbocycles. The van der Waals surface area contributed by atoms with Crippen LogP contribution in [0.4, 0.5) is 0 Å². The number of alkyl halides is 1. The summed E-state index contributed by atoms with van der Waals surface area (Å²) in [5, 5.41) is 1.59. The van der Waals surface area contributed by atoms with Crippen LogP contribution in [-0.2, 0) is 5.41 Å². The van der Waals surface area contributed by atoms with Gasteiger partial charge in [-0.25, -0.2) is 0 Å². The summed E-state index contributed by atoms with van der Waals surface area (Å²) in [6, 6.07) is 5.98. The quantitative estimate of drug-likeness (QED) is 0.747. The Labute approximate surface area is 105 Å². The zero-order valence-corrected chi connectivity index (χ0v) is 11.7. The van der Waals surface area contributed by atoms with Gasteiger partial charge >= 0.3 is 0 Å². The van der Waals surface area contributed by atoms with Gasteiger partial charge in [0.25, 0.3) is 0 Å². The summed E-state index contributed by atoms with van der Waals surface area (Å²) in [6.07, 6.45) is 0. The van der Waals surface area contributed by atoms with Gasteiger partial charge in [0.05, 0.1) is 11.6 Å². The van der Waals surface area contributed by atoms with Crippen molar-refractivity contribution in [1.82, 2.24) is 0 Å². The van der Waals surface area contributed by atoms with E-state index in [9.17, 15) is 0 Å². The Morgan fingerprint density at radius 1 is 1.40 bits per heavy atom. The molecule has 0 N–H and O–H groups in total. The van der Waals surface area contributed by atoms with E-state index in [2.05, 4.69) is 35.8 Å². The lowest BCUT2D eigenvalue weighted by Gasteiger charge is -2.23. The summed E-state index contributed by atoms with van der Waals surface area (Å²) in [6.45, 7) is 6.94. The number of hydrogen-bond acceptors (Lipinski definition) is 1. The lowest BCUT2D eigenvalue weighted by molar-refractivity contribution is 0.340. The minimum Gasteiger partial charge on any atom is -0.492 e. The van der Waals surface area contributed by atoms with E-state index in [4.69, 9.17) is 16.3 Å². The van der Waals surface area contributed by atoms with Crippen molar-refractivity contribution in [3.8, 4) is 5.75 Å². The normalized spacial score (nSPS) is 11.5. The smallest absolute Gasteiger partial charge is 0.137 e. The van der Waals surface area contributed by atoms with Gasteiger partial charge in [-0.1, -0.05) is 47.4 Å². The molecule has 0 aliphatic heterocycles. The maximum absolute atomic E-state index is 6.13. The van der Waals surface area contributed by atoms with Crippen LogP contribution < -0.4 is 4.74 Å². The molecule has 0 heterocycles. The standard InChI is InChI=1S/C12H16BrClO/c1-4-15-11-6-5-9(7-10(11)14)12(2,3)8-13/h5-7H,4,8H2,1-3H3. The summed E-state index contributed by atoms with van der Waals surface area (Å²) in [7, 11) is 0. The van der Waals surface area contributed by atoms with Gasteiger partial charge in [0.2, 0.25) is 0 Å². The first kappa shape index (κ1) is 12.9. The third-order valence-corrected chi connectivity index (χ3v) is 4.04. The van der Waals surface area contributed by atoms with Crippen molar-refractivity contribution in [3.63, 3.8) is 0 Å². The second-order valence-electron chi connectivity index (χ2n) is 4.10. The first-order valence-corrected chi connectivity index (χ1v) is 6.50. The van der Waals surface area contributed by atoms with Crippen molar-refractivity contribution in [2.45, 2.75) is 26.2 Å². The molecular formula is C12H16BrClO. The first-order valence-electron chi connectivity index (χ1n) is 5.00. The minimum atomic E-state index is 0.0917. The Kier molecular flexibility index (Phi) is 4.47. The van der Waals surface area contributed by atoms with E-state index in [0.717, 1.165) is 11.1 Å².